The lowest BCUT2D eigenvalue weighted by Crippen LogP contribution is -2.21. The molecular weight excluding hydrogens is 241 g/mol. The second kappa shape index (κ2) is 6.20. The highest BCUT2D eigenvalue weighted by atomic mass is 19.1. The molecule has 1 atom stereocenters. The van der Waals surface area contributed by atoms with Gasteiger partial charge in [0.25, 0.3) is 0 Å². The van der Waals surface area contributed by atoms with Crippen molar-refractivity contribution in [3.05, 3.63) is 23.3 Å². The first kappa shape index (κ1) is 14.2. The Morgan fingerprint density at radius 3 is 2.50 bits per heavy atom. The standard InChI is InChI=1S/C12H16FNO4/c1-17-10-4-7(9(6-14)12(15)16)3-8(5-13)11(10)18-2/h3-4,9H,5-6,14H2,1-2H3,(H,15,16). The van der Waals surface area contributed by atoms with Crippen molar-refractivity contribution in [2.45, 2.75) is 12.6 Å². The number of aliphatic carboxylic acids is 1. The Hall–Kier alpha value is -1.82. The Bertz CT molecular complexity index is 411. The molecule has 0 aliphatic heterocycles. The van der Waals surface area contributed by atoms with Gasteiger partial charge >= 0.3 is 5.97 Å². The highest BCUT2D eigenvalue weighted by Gasteiger charge is 2.22. The van der Waals surface area contributed by atoms with Gasteiger partial charge in [-0.3, -0.25) is 4.79 Å². The smallest absolute Gasteiger partial charge is 0.312 e. The average Bonchev–Trinajstić information content (AvgIpc) is 2.37. The minimum Gasteiger partial charge on any atom is -0.493 e. The number of benzene rings is 1. The number of halogens is 1. The molecule has 0 aromatic heterocycles. The Kier molecular flexibility index (Phi) is 4.91. The van der Waals surface area contributed by atoms with Crippen LogP contribution in [0.3, 0.4) is 0 Å². The summed E-state index contributed by atoms with van der Waals surface area (Å²) >= 11 is 0. The van der Waals surface area contributed by atoms with E-state index in [1.54, 1.807) is 0 Å². The molecule has 0 radical (unpaired) electrons. The fourth-order valence-electron chi connectivity index (χ4n) is 1.75. The van der Waals surface area contributed by atoms with Gasteiger partial charge in [0, 0.05) is 12.1 Å². The summed E-state index contributed by atoms with van der Waals surface area (Å²) in [6, 6.07) is 2.94. The third-order valence-corrected chi connectivity index (χ3v) is 2.66. The van der Waals surface area contributed by atoms with E-state index >= 15 is 0 Å². The Morgan fingerprint density at radius 1 is 1.44 bits per heavy atom. The molecule has 1 aromatic rings. The molecule has 1 aromatic carbocycles. The topological polar surface area (TPSA) is 81.8 Å². The van der Waals surface area contributed by atoms with Crippen molar-refractivity contribution in [3.8, 4) is 11.5 Å². The van der Waals surface area contributed by atoms with Crippen molar-refractivity contribution in [1.29, 1.82) is 0 Å². The maximum absolute atomic E-state index is 12.9. The molecule has 0 saturated carbocycles. The van der Waals surface area contributed by atoms with Gasteiger partial charge in [0.1, 0.15) is 6.67 Å². The minimum absolute atomic E-state index is 0.0729. The van der Waals surface area contributed by atoms with Crippen LogP contribution in [0.4, 0.5) is 4.39 Å². The predicted octanol–water partition coefficient (Wildman–Crippen LogP) is 1.30. The van der Waals surface area contributed by atoms with E-state index in [1.165, 1.54) is 26.4 Å². The summed E-state index contributed by atoms with van der Waals surface area (Å²) in [5, 5.41) is 9.03. The van der Waals surface area contributed by atoms with Gasteiger partial charge in [-0.2, -0.15) is 0 Å². The van der Waals surface area contributed by atoms with Gasteiger partial charge in [0.05, 0.1) is 20.1 Å². The van der Waals surface area contributed by atoms with E-state index in [1.807, 2.05) is 0 Å². The van der Waals surface area contributed by atoms with Crippen LogP contribution in [0, 0.1) is 0 Å². The summed E-state index contributed by atoms with van der Waals surface area (Å²) in [6.07, 6.45) is 0. The number of methoxy groups -OCH3 is 2. The van der Waals surface area contributed by atoms with Crippen molar-refractivity contribution in [2.24, 2.45) is 5.73 Å². The number of carboxylic acids is 1. The van der Waals surface area contributed by atoms with E-state index in [2.05, 4.69) is 0 Å². The van der Waals surface area contributed by atoms with Gasteiger partial charge in [-0.1, -0.05) is 0 Å². The number of hydrogen-bond acceptors (Lipinski definition) is 4. The molecule has 100 valence electrons. The summed E-state index contributed by atoms with van der Waals surface area (Å²) in [5.74, 6) is -1.39. The maximum Gasteiger partial charge on any atom is 0.312 e. The molecule has 18 heavy (non-hydrogen) atoms. The summed E-state index contributed by atoms with van der Waals surface area (Å²) in [6.45, 7) is -0.846. The maximum atomic E-state index is 12.9. The number of rotatable bonds is 6. The van der Waals surface area contributed by atoms with Crippen molar-refractivity contribution < 1.29 is 23.8 Å². The zero-order valence-corrected chi connectivity index (χ0v) is 10.3. The minimum atomic E-state index is -1.06. The van der Waals surface area contributed by atoms with E-state index in [0.717, 1.165) is 0 Å². The molecule has 1 rings (SSSR count). The van der Waals surface area contributed by atoms with E-state index in [0.29, 0.717) is 11.3 Å². The molecule has 0 amide bonds. The molecule has 0 saturated heterocycles. The van der Waals surface area contributed by atoms with Crippen LogP contribution in [-0.4, -0.2) is 31.8 Å². The van der Waals surface area contributed by atoms with E-state index < -0.39 is 18.6 Å². The van der Waals surface area contributed by atoms with Gasteiger partial charge in [0.2, 0.25) is 0 Å². The average molecular weight is 257 g/mol. The molecule has 0 aliphatic carbocycles. The molecule has 0 spiro atoms. The normalized spacial score (nSPS) is 12.0. The largest absolute Gasteiger partial charge is 0.493 e. The SMILES string of the molecule is COc1cc(C(CN)C(=O)O)cc(CF)c1OC. The number of ether oxygens (including phenoxy) is 2. The van der Waals surface area contributed by atoms with Gasteiger partial charge in [-0.15, -0.1) is 0 Å². The summed E-state index contributed by atoms with van der Waals surface area (Å²) < 4.78 is 23.0. The molecule has 1 unspecified atom stereocenters. The highest BCUT2D eigenvalue weighted by Crippen LogP contribution is 2.35. The van der Waals surface area contributed by atoms with Crippen LogP contribution >= 0.6 is 0 Å². The zero-order valence-electron chi connectivity index (χ0n) is 10.3. The second-order valence-corrected chi connectivity index (χ2v) is 3.68. The third kappa shape index (κ3) is 2.70. The molecule has 3 N–H and O–H groups in total. The quantitative estimate of drug-likeness (QED) is 0.802. The van der Waals surface area contributed by atoms with Crippen LogP contribution in [0.1, 0.15) is 17.0 Å². The van der Waals surface area contributed by atoms with Crippen molar-refractivity contribution in [1.82, 2.24) is 0 Å². The molecule has 0 heterocycles. The van der Waals surface area contributed by atoms with Gasteiger partial charge < -0.3 is 20.3 Å². The van der Waals surface area contributed by atoms with Crippen LogP contribution in [0.5, 0.6) is 11.5 Å². The summed E-state index contributed by atoms with van der Waals surface area (Å²) in [7, 11) is 2.80. The fraction of sp³-hybridized carbons (Fsp3) is 0.417. The first-order valence-electron chi connectivity index (χ1n) is 5.32. The second-order valence-electron chi connectivity index (χ2n) is 3.68. The number of nitrogens with two attached hydrogens (primary N) is 1. The lowest BCUT2D eigenvalue weighted by atomic mass is 9.96. The summed E-state index contributed by atoms with van der Waals surface area (Å²) in [4.78, 5) is 11.0. The van der Waals surface area contributed by atoms with E-state index in [4.69, 9.17) is 20.3 Å². The van der Waals surface area contributed by atoms with E-state index in [-0.39, 0.29) is 17.9 Å². The van der Waals surface area contributed by atoms with Gasteiger partial charge in [-0.05, 0) is 17.7 Å². The number of carboxylic acid groups (broad SMARTS) is 1. The Morgan fingerprint density at radius 2 is 2.11 bits per heavy atom. The summed E-state index contributed by atoms with van der Waals surface area (Å²) in [5.41, 5.74) is 6.05. The first-order valence-corrected chi connectivity index (χ1v) is 5.32. The zero-order chi connectivity index (χ0) is 13.7. The third-order valence-electron chi connectivity index (χ3n) is 2.66. The van der Waals surface area contributed by atoms with Crippen LogP contribution in [0.15, 0.2) is 12.1 Å². The number of hydrogen-bond donors (Lipinski definition) is 2. The lowest BCUT2D eigenvalue weighted by molar-refractivity contribution is -0.138. The molecule has 0 fully saturated rings. The molecule has 6 heteroatoms. The van der Waals surface area contributed by atoms with Crippen molar-refractivity contribution in [2.75, 3.05) is 20.8 Å². The number of alkyl halides is 1. The van der Waals surface area contributed by atoms with Gasteiger partial charge in [0.15, 0.2) is 11.5 Å². The number of carbonyl (C=O) groups is 1. The predicted molar refractivity (Wildman–Crippen MR) is 63.8 cm³/mol. The van der Waals surface area contributed by atoms with Crippen LogP contribution in [0.2, 0.25) is 0 Å². The van der Waals surface area contributed by atoms with Crippen LogP contribution < -0.4 is 15.2 Å². The molecule has 0 aliphatic rings. The molecular formula is C12H16FNO4. The molecule has 5 nitrogen and oxygen atoms in total. The Balaban J connectivity index is 3.34. The lowest BCUT2D eigenvalue weighted by Gasteiger charge is -2.16. The van der Waals surface area contributed by atoms with Crippen molar-refractivity contribution in [3.63, 3.8) is 0 Å². The van der Waals surface area contributed by atoms with Crippen molar-refractivity contribution >= 4 is 5.97 Å². The fourth-order valence-corrected chi connectivity index (χ4v) is 1.75. The van der Waals surface area contributed by atoms with Crippen LogP contribution in [0.25, 0.3) is 0 Å². The highest BCUT2D eigenvalue weighted by molar-refractivity contribution is 5.77. The Labute approximate surface area is 104 Å². The first-order chi connectivity index (χ1) is 8.58. The van der Waals surface area contributed by atoms with Gasteiger partial charge in [-0.25, -0.2) is 4.39 Å². The van der Waals surface area contributed by atoms with Crippen LogP contribution in [-0.2, 0) is 11.5 Å². The van der Waals surface area contributed by atoms with E-state index in [9.17, 15) is 9.18 Å². The molecule has 0 bridgehead atoms. The monoisotopic (exact) mass is 257 g/mol.